The minimum Gasteiger partial charge on any atom is -0.321 e. The van der Waals surface area contributed by atoms with Crippen molar-refractivity contribution in [2.75, 3.05) is 5.43 Å². The minimum atomic E-state index is -3.78. The van der Waals surface area contributed by atoms with Gasteiger partial charge in [-0.15, -0.1) is 11.3 Å². The van der Waals surface area contributed by atoms with Gasteiger partial charge >= 0.3 is 0 Å². The molecule has 7 nitrogen and oxygen atoms in total. The summed E-state index contributed by atoms with van der Waals surface area (Å²) in [7, 11) is -3.78. The van der Waals surface area contributed by atoms with E-state index in [2.05, 4.69) is 20.1 Å². The van der Waals surface area contributed by atoms with E-state index in [4.69, 9.17) is 5.84 Å². The van der Waals surface area contributed by atoms with Crippen LogP contribution < -0.4 is 16.0 Å². The van der Waals surface area contributed by atoms with Crippen molar-refractivity contribution in [2.45, 2.75) is 24.4 Å². The lowest BCUT2D eigenvalue weighted by molar-refractivity contribution is 0.546. The number of hydrazine groups is 1. The van der Waals surface area contributed by atoms with Crippen LogP contribution in [0, 0.1) is 0 Å². The summed E-state index contributed by atoms with van der Waals surface area (Å²) in [5, 5.41) is 2.40. The van der Waals surface area contributed by atoms with Crippen molar-refractivity contribution >= 4 is 27.0 Å². The van der Waals surface area contributed by atoms with Crippen molar-refractivity contribution in [1.82, 2.24) is 14.7 Å². The Morgan fingerprint density at radius 1 is 1.40 bits per heavy atom. The summed E-state index contributed by atoms with van der Waals surface area (Å²) in [5.41, 5.74) is 2.58. The Kier molecular flexibility index (Phi) is 4.65. The molecule has 0 amide bonds. The molecule has 1 unspecified atom stereocenters. The maximum Gasteiger partial charge on any atom is 0.260 e. The van der Waals surface area contributed by atoms with E-state index in [0.717, 1.165) is 0 Å². The van der Waals surface area contributed by atoms with E-state index in [0.29, 0.717) is 11.4 Å². The number of hydrogen-bond donors (Lipinski definition) is 3. The van der Waals surface area contributed by atoms with Gasteiger partial charge < -0.3 is 5.43 Å². The van der Waals surface area contributed by atoms with Crippen LogP contribution in [-0.4, -0.2) is 18.4 Å². The van der Waals surface area contributed by atoms with Crippen LogP contribution in [0.3, 0.4) is 0 Å². The van der Waals surface area contributed by atoms with E-state index in [-0.39, 0.29) is 16.8 Å². The molecule has 0 aliphatic carbocycles. The lowest BCUT2D eigenvalue weighted by atomic mass is 10.3. The molecule has 4 N–H and O–H groups in total. The zero-order valence-electron chi connectivity index (χ0n) is 10.8. The molecule has 1 atom stereocenters. The van der Waals surface area contributed by atoms with Gasteiger partial charge in [-0.05, 0) is 18.6 Å². The molecule has 0 radical (unpaired) electrons. The number of nitrogen functional groups attached to an aromatic ring is 1. The van der Waals surface area contributed by atoms with Gasteiger partial charge in [0.25, 0.3) is 10.0 Å². The third-order valence-electron chi connectivity index (χ3n) is 2.64. The smallest absolute Gasteiger partial charge is 0.260 e. The van der Waals surface area contributed by atoms with Gasteiger partial charge in [-0.3, -0.25) is 5.84 Å². The summed E-state index contributed by atoms with van der Waals surface area (Å²) in [4.78, 5) is 8.02. The highest BCUT2D eigenvalue weighted by molar-refractivity contribution is 7.89. The Hall–Kier alpha value is -1.55. The molecular formula is C11H15N5O2S2. The Morgan fingerprint density at radius 3 is 2.80 bits per heavy atom. The number of hydrogen-bond acceptors (Lipinski definition) is 7. The van der Waals surface area contributed by atoms with Gasteiger partial charge in [-0.1, -0.05) is 6.92 Å². The van der Waals surface area contributed by atoms with Crippen molar-refractivity contribution in [3.8, 4) is 0 Å². The van der Waals surface area contributed by atoms with Crippen molar-refractivity contribution < 1.29 is 8.42 Å². The van der Waals surface area contributed by atoms with Crippen LogP contribution in [0.15, 0.2) is 34.9 Å². The topological polar surface area (TPSA) is 110 Å². The molecule has 0 saturated heterocycles. The first-order chi connectivity index (χ1) is 9.58. The predicted molar refractivity (Wildman–Crippen MR) is 77.5 cm³/mol. The molecule has 0 saturated carbocycles. The fourth-order valence-corrected chi connectivity index (χ4v) is 3.90. The first kappa shape index (κ1) is 14.9. The molecular weight excluding hydrogens is 298 g/mol. The van der Waals surface area contributed by atoms with Gasteiger partial charge in [0.15, 0.2) is 5.03 Å². The number of rotatable bonds is 6. The molecule has 0 aliphatic heterocycles. The van der Waals surface area contributed by atoms with Crippen LogP contribution >= 0.6 is 11.3 Å². The fraction of sp³-hybridized carbons (Fsp3) is 0.273. The van der Waals surface area contributed by atoms with Gasteiger partial charge in [-0.25, -0.2) is 18.4 Å². The number of nitrogens with one attached hydrogen (secondary N) is 2. The highest BCUT2D eigenvalue weighted by atomic mass is 32.2. The molecule has 2 aromatic heterocycles. The number of anilines is 1. The summed E-state index contributed by atoms with van der Waals surface area (Å²) >= 11 is 1.40. The van der Waals surface area contributed by atoms with E-state index >= 15 is 0 Å². The van der Waals surface area contributed by atoms with E-state index in [9.17, 15) is 8.42 Å². The van der Waals surface area contributed by atoms with Gasteiger partial charge in [-0.2, -0.15) is 4.72 Å². The second kappa shape index (κ2) is 6.27. The second-order valence-electron chi connectivity index (χ2n) is 3.95. The number of nitrogens with zero attached hydrogens (tertiary/aromatic N) is 2. The van der Waals surface area contributed by atoms with E-state index in [1.54, 1.807) is 23.7 Å². The number of pyridine rings is 1. The summed E-state index contributed by atoms with van der Waals surface area (Å²) < 4.78 is 27.4. The minimum absolute atomic E-state index is 0.127. The molecule has 2 aromatic rings. The Balaban J connectivity index is 2.31. The van der Waals surface area contributed by atoms with Crippen LogP contribution in [0.5, 0.6) is 0 Å². The number of aromatic nitrogens is 2. The standard InChI is InChI=1S/C11H15N5O2S2/c1-2-8(10-13-6-7-19-10)16-20(17,18)11-9(15-12)4-3-5-14-11/h3-8,15-16H,2,12H2,1H3. The summed E-state index contributed by atoms with van der Waals surface area (Å²) in [6.45, 7) is 1.88. The molecule has 2 rings (SSSR count). The lowest BCUT2D eigenvalue weighted by Crippen LogP contribution is -2.30. The zero-order valence-corrected chi connectivity index (χ0v) is 12.4. The molecule has 0 bridgehead atoms. The van der Waals surface area contributed by atoms with E-state index in [1.165, 1.54) is 17.5 Å². The largest absolute Gasteiger partial charge is 0.321 e. The summed E-state index contributed by atoms with van der Waals surface area (Å²) in [5.74, 6) is 5.31. The van der Waals surface area contributed by atoms with Gasteiger partial charge in [0.2, 0.25) is 0 Å². The average molecular weight is 313 g/mol. The SMILES string of the molecule is CCC(NS(=O)(=O)c1ncccc1NN)c1nccs1. The Bertz CT molecular complexity index is 657. The maximum atomic E-state index is 12.4. The quantitative estimate of drug-likeness (QED) is 0.547. The highest BCUT2D eigenvalue weighted by Gasteiger charge is 2.25. The van der Waals surface area contributed by atoms with E-state index < -0.39 is 10.0 Å². The third-order valence-corrected chi connectivity index (χ3v) is 4.95. The lowest BCUT2D eigenvalue weighted by Gasteiger charge is -2.15. The monoisotopic (exact) mass is 313 g/mol. The molecule has 0 aliphatic rings. The number of thiazole rings is 1. The number of nitrogens with two attached hydrogens (primary N) is 1. The third kappa shape index (κ3) is 3.12. The molecule has 0 aromatic carbocycles. The zero-order chi connectivity index (χ0) is 14.6. The predicted octanol–water partition coefficient (Wildman–Crippen LogP) is 1.25. The van der Waals surface area contributed by atoms with E-state index in [1.807, 2.05) is 6.92 Å². The van der Waals surface area contributed by atoms with Crippen LogP contribution in [0.1, 0.15) is 24.4 Å². The molecule has 0 spiro atoms. The number of sulfonamides is 1. The van der Waals surface area contributed by atoms with Crippen molar-refractivity contribution in [3.05, 3.63) is 34.9 Å². The first-order valence-electron chi connectivity index (χ1n) is 5.92. The summed E-state index contributed by atoms with van der Waals surface area (Å²) in [6.07, 6.45) is 3.63. The second-order valence-corrected chi connectivity index (χ2v) is 6.51. The molecule has 108 valence electrons. The van der Waals surface area contributed by atoms with Gasteiger partial charge in [0.1, 0.15) is 5.01 Å². The maximum absolute atomic E-state index is 12.4. The Labute approximate surface area is 121 Å². The molecule has 20 heavy (non-hydrogen) atoms. The molecule has 0 fully saturated rings. The highest BCUT2D eigenvalue weighted by Crippen LogP contribution is 2.23. The van der Waals surface area contributed by atoms with Gasteiger partial charge in [0.05, 0.1) is 11.7 Å². The first-order valence-corrected chi connectivity index (χ1v) is 8.28. The average Bonchev–Trinajstić information content (AvgIpc) is 2.98. The van der Waals surface area contributed by atoms with Gasteiger partial charge in [0, 0.05) is 17.8 Å². The van der Waals surface area contributed by atoms with Crippen LogP contribution in [0.2, 0.25) is 0 Å². The van der Waals surface area contributed by atoms with Crippen molar-refractivity contribution in [2.24, 2.45) is 5.84 Å². The normalized spacial score (nSPS) is 13.1. The van der Waals surface area contributed by atoms with Crippen LogP contribution in [-0.2, 0) is 10.0 Å². The summed E-state index contributed by atoms with van der Waals surface area (Å²) in [6, 6.07) is 2.77. The van der Waals surface area contributed by atoms with Crippen molar-refractivity contribution in [3.63, 3.8) is 0 Å². The Morgan fingerprint density at radius 2 is 2.20 bits per heavy atom. The molecule has 2 heterocycles. The van der Waals surface area contributed by atoms with Crippen molar-refractivity contribution in [1.29, 1.82) is 0 Å². The van der Waals surface area contributed by atoms with Crippen LogP contribution in [0.4, 0.5) is 5.69 Å². The van der Waals surface area contributed by atoms with Crippen LogP contribution in [0.25, 0.3) is 0 Å². The molecule has 9 heteroatoms. The fourth-order valence-electron chi connectivity index (χ4n) is 1.67.